The zero-order chi connectivity index (χ0) is 18.8. The van der Waals surface area contributed by atoms with Crippen LogP contribution in [-0.4, -0.2) is 30.2 Å². The zero-order valence-electron chi connectivity index (χ0n) is 14.6. The predicted octanol–water partition coefficient (Wildman–Crippen LogP) is 2.87. The van der Waals surface area contributed by atoms with Crippen molar-refractivity contribution in [3.8, 4) is 11.5 Å². The molecular formula is C19H19N3O5. The minimum Gasteiger partial charge on any atom is -0.454 e. The van der Waals surface area contributed by atoms with Crippen LogP contribution in [0.5, 0.6) is 11.5 Å². The second kappa shape index (κ2) is 7.14. The lowest BCUT2D eigenvalue weighted by atomic mass is 10.1. The molecule has 1 heterocycles. The standard InChI is InChI=1S/C19H19N3O5/c23-19(21-14-3-4-14)13-2-5-15(16(10-13)22(24)25)20-8-7-12-1-6-17-18(9-12)27-11-26-17/h1-2,5-6,9-10,14,20H,3-4,7-8,11H2,(H,21,23). The average Bonchev–Trinajstić information content (AvgIpc) is 3.35. The maximum Gasteiger partial charge on any atom is 0.293 e. The number of hydrogen-bond donors (Lipinski definition) is 2. The van der Waals surface area contributed by atoms with Gasteiger partial charge in [-0.1, -0.05) is 6.07 Å². The van der Waals surface area contributed by atoms with E-state index in [4.69, 9.17) is 9.47 Å². The molecule has 1 aliphatic carbocycles. The van der Waals surface area contributed by atoms with Crippen LogP contribution in [-0.2, 0) is 6.42 Å². The van der Waals surface area contributed by atoms with Gasteiger partial charge >= 0.3 is 0 Å². The van der Waals surface area contributed by atoms with Crippen molar-refractivity contribution in [2.75, 3.05) is 18.7 Å². The number of carbonyl (C=O) groups excluding carboxylic acids is 1. The van der Waals surface area contributed by atoms with Crippen molar-refractivity contribution >= 4 is 17.3 Å². The van der Waals surface area contributed by atoms with E-state index in [1.807, 2.05) is 18.2 Å². The zero-order valence-corrected chi connectivity index (χ0v) is 14.6. The molecule has 0 saturated heterocycles. The minimum atomic E-state index is -0.475. The Bertz CT molecular complexity index is 895. The first-order valence-electron chi connectivity index (χ1n) is 8.82. The molecule has 0 bridgehead atoms. The molecule has 1 fully saturated rings. The smallest absolute Gasteiger partial charge is 0.293 e. The number of rotatable bonds is 7. The molecular weight excluding hydrogens is 350 g/mol. The second-order valence-electron chi connectivity index (χ2n) is 6.60. The molecule has 0 aromatic heterocycles. The van der Waals surface area contributed by atoms with Gasteiger partial charge in [0.2, 0.25) is 6.79 Å². The maximum absolute atomic E-state index is 12.1. The highest BCUT2D eigenvalue weighted by atomic mass is 16.7. The van der Waals surface area contributed by atoms with Crippen molar-refractivity contribution in [1.29, 1.82) is 0 Å². The van der Waals surface area contributed by atoms with Crippen molar-refractivity contribution < 1.29 is 19.2 Å². The number of ether oxygens (including phenoxy) is 2. The third-order valence-corrected chi connectivity index (χ3v) is 4.54. The molecule has 2 aromatic rings. The Hall–Kier alpha value is -3.29. The molecule has 0 spiro atoms. The molecule has 2 N–H and O–H groups in total. The van der Waals surface area contributed by atoms with Gasteiger partial charge in [-0.25, -0.2) is 0 Å². The lowest BCUT2D eigenvalue weighted by Gasteiger charge is -2.09. The normalized spacial score (nSPS) is 14.7. The van der Waals surface area contributed by atoms with Crippen LogP contribution in [0, 0.1) is 10.1 Å². The monoisotopic (exact) mass is 369 g/mol. The highest BCUT2D eigenvalue weighted by Gasteiger charge is 2.25. The SMILES string of the molecule is O=C(NC1CC1)c1ccc(NCCc2ccc3c(c2)OCO3)c([N+](=O)[O-])c1. The highest BCUT2D eigenvalue weighted by Crippen LogP contribution is 2.33. The van der Waals surface area contributed by atoms with E-state index in [1.54, 1.807) is 12.1 Å². The molecule has 27 heavy (non-hydrogen) atoms. The number of benzene rings is 2. The fourth-order valence-electron chi connectivity index (χ4n) is 2.91. The summed E-state index contributed by atoms with van der Waals surface area (Å²) >= 11 is 0. The third kappa shape index (κ3) is 3.94. The fraction of sp³-hybridized carbons (Fsp3) is 0.316. The van der Waals surface area contributed by atoms with E-state index in [9.17, 15) is 14.9 Å². The van der Waals surface area contributed by atoms with Gasteiger partial charge in [0.1, 0.15) is 5.69 Å². The first-order valence-corrected chi connectivity index (χ1v) is 8.82. The number of hydrogen-bond acceptors (Lipinski definition) is 6. The minimum absolute atomic E-state index is 0.107. The Labute approximate surface area is 155 Å². The van der Waals surface area contributed by atoms with Crippen LogP contribution in [0.1, 0.15) is 28.8 Å². The van der Waals surface area contributed by atoms with Crippen LogP contribution in [0.15, 0.2) is 36.4 Å². The van der Waals surface area contributed by atoms with Gasteiger partial charge in [-0.3, -0.25) is 14.9 Å². The maximum atomic E-state index is 12.1. The number of nitro benzene ring substituents is 1. The molecule has 8 heteroatoms. The van der Waals surface area contributed by atoms with E-state index >= 15 is 0 Å². The van der Waals surface area contributed by atoms with Gasteiger partial charge in [-0.2, -0.15) is 0 Å². The summed E-state index contributed by atoms with van der Waals surface area (Å²) in [4.78, 5) is 23.0. The van der Waals surface area contributed by atoms with E-state index in [2.05, 4.69) is 10.6 Å². The first kappa shape index (κ1) is 17.1. The quantitative estimate of drug-likeness (QED) is 0.575. The molecule has 0 unspecified atom stereocenters. The predicted molar refractivity (Wildman–Crippen MR) is 98.3 cm³/mol. The lowest BCUT2D eigenvalue weighted by Crippen LogP contribution is -2.25. The molecule has 140 valence electrons. The van der Waals surface area contributed by atoms with Crippen molar-refractivity contribution in [3.05, 3.63) is 57.6 Å². The Balaban J connectivity index is 1.41. The van der Waals surface area contributed by atoms with Crippen molar-refractivity contribution in [2.45, 2.75) is 25.3 Å². The van der Waals surface area contributed by atoms with Crippen LogP contribution in [0.25, 0.3) is 0 Å². The summed E-state index contributed by atoms with van der Waals surface area (Å²) in [5.74, 6) is 1.17. The van der Waals surface area contributed by atoms with Crippen LogP contribution >= 0.6 is 0 Å². The van der Waals surface area contributed by atoms with E-state index in [0.29, 0.717) is 30.0 Å². The van der Waals surface area contributed by atoms with Gasteiger partial charge in [-0.15, -0.1) is 0 Å². The number of carbonyl (C=O) groups is 1. The Morgan fingerprint density at radius 2 is 1.96 bits per heavy atom. The number of nitrogens with zero attached hydrogens (tertiary/aromatic N) is 1. The first-order chi connectivity index (χ1) is 13.1. The molecule has 8 nitrogen and oxygen atoms in total. The molecule has 2 aliphatic rings. The van der Waals surface area contributed by atoms with Gasteiger partial charge in [0.25, 0.3) is 11.6 Å². The fourth-order valence-corrected chi connectivity index (χ4v) is 2.91. The number of amides is 1. The van der Waals surface area contributed by atoms with E-state index < -0.39 is 4.92 Å². The van der Waals surface area contributed by atoms with Crippen LogP contribution in [0.2, 0.25) is 0 Å². The number of nitro groups is 1. The number of nitrogens with one attached hydrogen (secondary N) is 2. The second-order valence-corrected chi connectivity index (χ2v) is 6.60. The van der Waals surface area contributed by atoms with E-state index in [-0.39, 0.29) is 24.4 Å². The summed E-state index contributed by atoms with van der Waals surface area (Å²) in [6.45, 7) is 0.734. The summed E-state index contributed by atoms with van der Waals surface area (Å²) < 4.78 is 10.6. The van der Waals surface area contributed by atoms with Crippen molar-refractivity contribution in [2.24, 2.45) is 0 Å². The molecule has 1 aliphatic heterocycles. The molecule has 0 radical (unpaired) electrons. The van der Waals surface area contributed by atoms with Gasteiger partial charge in [-0.05, 0) is 49.1 Å². The number of anilines is 1. The molecule has 1 saturated carbocycles. The van der Waals surface area contributed by atoms with E-state index in [1.165, 1.54) is 6.07 Å². The summed E-state index contributed by atoms with van der Waals surface area (Å²) in [5, 5.41) is 17.3. The van der Waals surface area contributed by atoms with Crippen molar-refractivity contribution in [3.63, 3.8) is 0 Å². The van der Waals surface area contributed by atoms with Crippen LogP contribution in [0.4, 0.5) is 11.4 Å². The lowest BCUT2D eigenvalue weighted by molar-refractivity contribution is -0.384. The van der Waals surface area contributed by atoms with Gasteiger partial charge < -0.3 is 20.1 Å². The van der Waals surface area contributed by atoms with Crippen LogP contribution < -0.4 is 20.1 Å². The summed E-state index contributed by atoms with van der Waals surface area (Å²) in [6, 6.07) is 10.4. The molecule has 4 rings (SSSR count). The Kier molecular flexibility index (Phi) is 4.53. The molecule has 2 aromatic carbocycles. The molecule has 0 atom stereocenters. The van der Waals surface area contributed by atoms with Gasteiger partial charge in [0.15, 0.2) is 11.5 Å². The van der Waals surface area contributed by atoms with Crippen LogP contribution in [0.3, 0.4) is 0 Å². The topological polar surface area (TPSA) is 103 Å². The summed E-state index contributed by atoms with van der Waals surface area (Å²) in [5.41, 5.74) is 1.62. The van der Waals surface area contributed by atoms with Crippen molar-refractivity contribution in [1.82, 2.24) is 5.32 Å². The van der Waals surface area contributed by atoms with E-state index in [0.717, 1.165) is 24.2 Å². The Morgan fingerprint density at radius 3 is 2.74 bits per heavy atom. The largest absolute Gasteiger partial charge is 0.454 e. The summed E-state index contributed by atoms with van der Waals surface area (Å²) in [6.07, 6.45) is 2.60. The summed E-state index contributed by atoms with van der Waals surface area (Å²) in [7, 11) is 0. The third-order valence-electron chi connectivity index (χ3n) is 4.54. The Morgan fingerprint density at radius 1 is 1.15 bits per heavy atom. The average molecular weight is 369 g/mol. The highest BCUT2D eigenvalue weighted by molar-refractivity contribution is 5.96. The molecule has 1 amide bonds. The number of fused-ring (bicyclic) bond motifs is 1. The van der Waals surface area contributed by atoms with Gasteiger partial charge in [0, 0.05) is 24.2 Å². The van der Waals surface area contributed by atoms with Gasteiger partial charge in [0.05, 0.1) is 4.92 Å².